The summed E-state index contributed by atoms with van der Waals surface area (Å²) < 4.78 is 6.71. The van der Waals surface area contributed by atoms with Gasteiger partial charge in [0.1, 0.15) is 5.75 Å². The number of halogens is 1. The summed E-state index contributed by atoms with van der Waals surface area (Å²) in [6.45, 7) is 3.69. The maximum absolute atomic E-state index is 5.61. The van der Waals surface area contributed by atoms with E-state index in [1.165, 1.54) is 61.1 Å². The Bertz CT molecular complexity index is 1140. The second-order valence-corrected chi connectivity index (χ2v) is 10.8. The van der Waals surface area contributed by atoms with Crippen molar-refractivity contribution >= 4 is 26.8 Å². The van der Waals surface area contributed by atoms with Crippen LogP contribution in [0.5, 0.6) is 5.75 Å². The van der Waals surface area contributed by atoms with E-state index in [0.717, 1.165) is 34.5 Å². The summed E-state index contributed by atoms with van der Waals surface area (Å²) in [5.41, 5.74) is 5.42. The molecule has 0 bridgehead atoms. The third kappa shape index (κ3) is 3.58. The fourth-order valence-electron chi connectivity index (χ4n) is 6.00. The number of rotatable bonds is 4. The third-order valence-corrected chi connectivity index (χ3v) is 8.38. The number of pyridine rings is 1. The number of hydrogen-bond acceptors (Lipinski definition) is 3. The average Bonchev–Trinajstić information content (AvgIpc) is 3.60. The Labute approximate surface area is 192 Å². The molecule has 0 N–H and O–H groups in total. The van der Waals surface area contributed by atoms with Crippen LogP contribution in [-0.2, 0) is 18.3 Å². The lowest BCUT2D eigenvalue weighted by Gasteiger charge is -2.51. The molecule has 160 valence electrons. The van der Waals surface area contributed by atoms with Gasteiger partial charge >= 0.3 is 0 Å². The van der Waals surface area contributed by atoms with E-state index in [-0.39, 0.29) is 5.41 Å². The Balaban J connectivity index is 1.43. The van der Waals surface area contributed by atoms with Crippen molar-refractivity contribution in [1.82, 2.24) is 9.88 Å². The summed E-state index contributed by atoms with van der Waals surface area (Å²) in [5.74, 6) is 2.53. The molecule has 1 saturated heterocycles. The molecule has 1 aromatic heterocycles. The van der Waals surface area contributed by atoms with Crippen LogP contribution in [0.3, 0.4) is 0 Å². The van der Waals surface area contributed by atoms with Crippen LogP contribution in [0.4, 0.5) is 0 Å². The van der Waals surface area contributed by atoms with Gasteiger partial charge in [0.2, 0.25) is 0 Å². The minimum Gasteiger partial charge on any atom is -0.497 e. The van der Waals surface area contributed by atoms with Gasteiger partial charge in [-0.15, -0.1) is 0 Å². The van der Waals surface area contributed by atoms with Crippen molar-refractivity contribution in [1.29, 1.82) is 0 Å². The number of ether oxygens (including phenoxy) is 1. The van der Waals surface area contributed by atoms with Gasteiger partial charge in [0.25, 0.3) is 0 Å². The third-order valence-electron chi connectivity index (χ3n) is 7.89. The number of hydrogen-bond donors (Lipinski definition) is 0. The number of piperidine rings is 1. The highest BCUT2D eigenvalue weighted by Crippen LogP contribution is 2.49. The second-order valence-electron chi connectivity index (χ2n) is 9.85. The van der Waals surface area contributed by atoms with Crippen LogP contribution in [0.25, 0.3) is 10.9 Å². The number of nitrogens with zero attached hydrogens (tertiary/aromatic N) is 2. The first-order chi connectivity index (χ1) is 15.1. The monoisotopic (exact) mass is 476 g/mol. The number of likely N-dealkylation sites (tertiary alicyclic amines) is 1. The van der Waals surface area contributed by atoms with Crippen LogP contribution in [0.2, 0.25) is 0 Å². The standard InChI is InChI=1S/C27H29BrN2O/c1-31-24-4-2-3-21(13-24)27-9-10-30(16-18-5-6-18)17-22(27)12-20-11-19-7-8-23(28)14-25(19)29-26(20)15-27/h2-4,7-8,11,13-14,18,22H,5-6,9-10,12,15-17H2,1H3/t22-,27-/m0/s1. The molecule has 0 unspecified atom stereocenters. The van der Waals surface area contributed by atoms with E-state index in [4.69, 9.17) is 9.72 Å². The Morgan fingerprint density at radius 3 is 2.90 bits per heavy atom. The smallest absolute Gasteiger partial charge is 0.119 e. The molecular weight excluding hydrogens is 448 g/mol. The van der Waals surface area contributed by atoms with Crippen molar-refractivity contribution in [3.63, 3.8) is 0 Å². The molecule has 2 aromatic carbocycles. The highest BCUT2D eigenvalue weighted by Gasteiger charge is 2.48. The molecule has 6 rings (SSSR count). The molecule has 3 nitrogen and oxygen atoms in total. The molecular formula is C27H29BrN2O. The van der Waals surface area contributed by atoms with E-state index in [2.05, 4.69) is 69.4 Å². The predicted octanol–water partition coefficient (Wildman–Crippen LogP) is 5.77. The van der Waals surface area contributed by atoms with E-state index >= 15 is 0 Å². The van der Waals surface area contributed by atoms with Crippen molar-refractivity contribution in [2.75, 3.05) is 26.7 Å². The molecule has 4 heteroatoms. The predicted molar refractivity (Wildman–Crippen MR) is 129 cm³/mol. The lowest BCUT2D eigenvalue weighted by molar-refractivity contribution is 0.0777. The van der Waals surface area contributed by atoms with Gasteiger partial charge in [0.15, 0.2) is 0 Å². The van der Waals surface area contributed by atoms with Crippen molar-refractivity contribution in [2.24, 2.45) is 11.8 Å². The first kappa shape index (κ1) is 19.8. The lowest BCUT2D eigenvalue weighted by Crippen LogP contribution is -2.54. The van der Waals surface area contributed by atoms with Crippen LogP contribution < -0.4 is 4.74 Å². The first-order valence-electron chi connectivity index (χ1n) is 11.6. The summed E-state index contributed by atoms with van der Waals surface area (Å²) in [5, 5.41) is 1.25. The molecule has 2 atom stereocenters. The number of benzene rings is 2. The highest BCUT2D eigenvalue weighted by molar-refractivity contribution is 9.10. The van der Waals surface area contributed by atoms with Crippen LogP contribution in [0, 0.1) is 11.8 Å². The maximum Gasteiger partial charge on any atom is 0.119 e. The van der Waals surface area contributed by atoms with Gasteiger partial charge in [-0.25, -0.2) is 0 Å². The highest BCUT2D eigenvalue weighted by atomic mass is 79.9. The zero-order valence-electron chi connectivity index (χ0n) is 18.1. The van der Waals surface area contributed by atoms with Gasteiger partial charge < -0.3 is 9.64 Å². The zero-order valence-corrected chi connectivity index (χ0v) is 19.7. The molecule has 3 aliphatic rings. The van der Waals surface area contributed by atoms with Crippen LogP contribution >= 0.6 is 15.9 Å². The topological polar surface area (TPSA) is 25.4 Å². The SMILES string of the molecule is COc1cccc([C@@]23CCN(CC4CC4)C[C@@H]2Cc2cc4ccc(Br)cc4nc2C3)c1. The fourth-order valence-corrected chi connectivity index (χ4v) is 6.35. The molecule has 31 heavy (non-hydrogen) atoms. The first-order valence-corrected chi connectivity index (χ1v) is 12.4. The molecule has 0 amide bonds. The zero-order chi connectivity index (χ0) is 21.0. The molecule has 2 heterocycles. The van der Waals surface area contributed by atoms with Gasteiger partial charge in [-0.1, -0.05) is 34.1 Å². The summed E-state index contributed by atoms with van der Waals surface area (Å²) >= 11 is 3.62. The molecule has 1 saturated carbocycles. The minimum absolute atomic E-state index is 0.147. The molecule has 3 aromatic rings. The average molecular weight is 477 g/mol. The number of methoxy groups -OCH3 is 1. The van der Waals surface area contributed by atoms with Crippen LogP contribution in [0.1, 0.15) is 36.1 Å². The van der Waals surface area contributed by atoms with Crippen molar-refractivity contribution in [3.8, 4) is 5.75 Å². The van der Waals surface area contributed by atoms with Crippen LogP contribution in [0.15, 0.2) is 53.0 Å². The van der Waals surface area contributed by atoms with Gasteiger partial charge in [0.05, 0.1) is 12.6 Å². The Hall–Kier alpha value is -1.91. The maximum atomic E-state index is 5.61. The van der Waals surface area contributed by atoms with E-state index < -0.39 is 0 Å². The van der Waals surface area contributed by atoms with Crippen molar-refractivity contribution in [2.45, 2.75) is 37.5 Å². The Morgan fingerprint density at radius 2 is 2.06 bits per heavy atom. The largest absolute Gasteiger partial charge is 0.497 e. The molecule has 2 fully saturated rings. The van der Waals surface area contributed by atoms with Crippen LogP contribution in [-0.4, -0.2) is 36.6 Å². The van der Waals surface area contributed by atoms with Crippen molar-refractivity contribution < 1.29 is 4.74 Å². The molecule has 0 spiro atoms. The summed E-state index contributed by atoms with van der Waals surface area (Å²) in [6, 6.07) is 17.7. The fraction of sp³-hybridized carbons (Fsp3) is 0.444. The molecule has 1 aliphatic heterocycles. The summed E-state index contributed by atoms with van der Waals surface area (Å²) in [7, 11) is 1.77. The Kier molecular flexibility index (Phi) is 4.84. The molecule has 0 radical (unpaired) electrons. The normalized spacial score (nSPS) is 25.8. The van der Waals surface area contributed by atoms with E-state index in [9.17, 15) is 0 Å². The van der Waals surface area contributed by atoms with Gasteiger partial charge in [0, 0.05) is 40.5 Å². The van der Waals surface area contributed by atoms with E-state index in [0.29, 0.717) is 5.92 Å². The van der Waals surface area contributed by atoms with E-state index in [1.807, 2.05) is 0 Å². The number of fused-ring (bicyclic) bond motifs is 3. The molecule has 2 aliphatic carbocycles. The second kappa shape index (κ2) is 7.60. The quantitative estimate of drug-likeness (QED) is 0.477. The lowest BCUT2D eigenvalue weighted by atomic mass is 9.58. The van der Waals surface area contributed by atoms with E-state index in [1.54, 1.807) is 7.11 Å². The van der Waals surface area contributed by atoms with Gasteiger partial charge in [-0.3, -0.25) is 4.98 Å². The Morgan fingerprint density at radius 1 is 1.16 bits per heavy atom. The minimum atomic E-state index is 0.147. The van der Waals surface area contributed by atoms with Crippen molar-refractivity contribution in [3.05, 3.63) is 69.8 Å². The van der Waals surface area contributed by atoms with Gasteiger partial charge in [-0.2, -0.15) is 0 Å². The summed E-state index contributed by atoms with van der Waals surface area (Å²) in [4.78, 5) is 7.93. The summed E-state index contributed by atoms with van der Waals surface area (Å²) in [6.07, 6.45) is 6.20. The number of aromatic nitrogens is 1. The van der Waals surface area contributed by atoms with Gasteiger partial charge in [-0.05, 0) is 85.5 Å².